The predicted octanol–water partition coefficient (Wildman–Crippen LogP) is 7.08. The number of aromatic hydroxyl groups is 1. The van der Waals surface area contributed by atoms with Gasteiger partial charge in [0.05, 0.1) is 42.8 Å². The van der Waals surface area contributed by atoms with Crippen LogP contribution >= 0.6 is 0 Å². The number of rotatable bonds is 12. The molecule has 3 saturated heterocycles. The molecule has 0 aliphatic carbocycles. The van der Waals surface area contributed by atoms with E-state index >= 15 is 19.2 Å². The topological polar surface area (TPSA) is 234 Å². The molecule has 6 aromatic carbocycles. The number of fused-ring (bicyclic) bond motifs is 4. The fourth-order valence-electron chi connectivity index (χ4n) is 11.9. The monoisotopic (exact) mass is 1100 g/mol. The molecular weight excluding hydrogens is 1040 g/mol. The van der Waals surface area contributed by atoms with E-state index in [1.54, 1.807) is 23.1 Å². The summed E-state index contributed by atoms with van der Waals surface area (Å²) in [4.78, 5) is 107. The smallest absolute Gasteiger partial charge is 0.421 e. The van der Waals surface area contributed by atoms with Crippen molar-refractivity contribution in [2.24, 2.45) is 11.8 Å². The van der Waals surface area contributed by atoms with Crippen molar-refractivity contribution < 1.29 is 67.2 Å². The summed E-state index contributed by atoms with van der Waals surface area (Å²) in [5.74, 6) is -0.0293. The molecule has 1 spiro atoms. The Morgan fingerprint density at radius 3 is 2.07 bits per heavy atom. The van der Waals surface area contributed by atoms with Gasteiger partial charge in [-0.2, -0.15) is 0 Å². The normalized spacial score (nSPS) is 21.8. The number of hydrogen-bond donors (Lipinski definition) is 1. The number of phenols is 1. The molecule has 20 nitrogen and oxygen atoms in total. The van der Waals surface area contributed by atoms with E-state index in [0.29, 0.717) is 53.4 Å². The zero-order valence-electron chi connectivity index (χ0n) is 43.9. The molecule has 0 aromatic heterocycles. The van der Waals surface area contributed by atoms with Crippen molar-refractivity contribution in [3.05, 3.63) is 195 Å². The molecule has 412 valence electrons. The summed E-state index contributed by atoms with van der Waals surface area (Å²) in [7, 11) is 2.26. The van der Waals surface area contributed by atoms with Crippen LogP contribution in [-0.2, 0) is 61.5 Å². The van der Waals surface area contributed by atoms with Gasteiger partial charge < -0.3 is 38.4 Å². The number of cyclic esters (lactones) is 1. The van der Waals surface area contributed by atoms with Crippen molar-refractivity contribution in [3.63, 3.8) is 0 Å². The van der Waals surface area contributed by atoms with Crippen molar-refractivity contribution in [2.45, 2.75) is 49.2 Å². The van der Waals surface area contributed by atoms with Crippen molar-refractivity contribution in [1.29, 1.82) is 0 Å². The summed E-state index contributed by atoms with van der Waals surface area (Å²) < 4.78 is 33.4. The zero-order valence-corrected chi connectivity index (χ0v) is 43.9. The molecule has 5 heterocycles. The minimum Gasteiger partial charge on any atom is -0.508 e. The number of nitro groups is 1. The van der Waals surface area contributed by atoms with E-state index < -0.39 is 88.8 Å². The number of carbonyl (C=O) groups excluding carboxylic acids is 6. The maximum atomic E-state index is 16.8. The standard InChI is InChI=1S/C61H53N5O15/c1-76-56(69)45(57(70)77-2)15-9-10-37-18-26-47-46(32-37)61(59(72)64(47)60(73)78-35-38-16-22-43(23-17-38)66(74)75)50(55(68)63-30-28-62(29-31-63)34-39-19-27-48-49(33-39)80-36-79-48)52-58(71)81-53(41-13-7-4-8-14-41)51(40-11-5-3-6-12-40)65(52)54(61)42-20-24-44(67)25-21-42/h3-8,11-14,16-27,32-33,45,50-54,67H,15,28-31,34-36H2,1-2H3/t50-,51-,52-,53+,54+,61-/m0/s1. The lowest BCUT2D eigenvalue weighted by molar-refractivity contribution is -0.384. The first-order valence-electron chi connectivity index (χ1n) is 26.1. The Hall–Kier alpha value is -9.58. The molecule has 0 bridgehead atoms. The number of nitro benzene ring substituents is 1. The van der Waals surface area contributed by atoms with Gasteiger partial charge in [-0.1, -0.05) is 90.7 Å². The average Bonchev–Trinajstić information content (AvgIpc) is 1.80. The van der Waals surface area contributed by atoms with Crippen LogP contribution in [-0.4, -0.2) is 114 Å². The van der Waals surface area contributed by atoms with E-state index in [9.17, 15) is 24.8 Å². The highest BCUT2D eigenvalue weighted by atomic mass is 16.7. The highest BCUT2D eigenvalue weighted by Gasteiger charge is 2.76. The minimum absolute atomic E-state index is 0.000422. The van der Waals surface area contributed by atoms with Gasteiger partial charge in [0.25, 0.3) is 5.69 Å². The number of benzene rings is 6. The summed E-state index contributed by atoms with van der Waals surface area (Å²) in [5, 5.41) is 22.4. The van der Waals surface area contributed by atoms with E-state index in [1.807, 2.05) is 83.8 Å². The van der Waals surface area contributed by atoms with Crippen molar-refractivity contribution in [2.75, 3.05) is 52.1 Å². The number of non-ortho nitro benzene ring substituents is 1. The summed E-state index contributed by atoms with van der Waals surface area (Å²) >= 11 is 0. The average molecular weight is 1100 g/mol. The molecule has 20 heteroatoms. The van der Waals surface area contributed by atoms with E-state index in [1.165, 1.54) is 48.5 Å². The lowest BCUT2D eigenvalue weighted by Crippen LogP contribution is -2.59. The Morgan fingerprint density at radius 1 is 0.753 bits per heavy atom. The molecule has 5 aliphatic rings. The van der Waals surface area contributed by atoms with Gasteiger partial charge in [0.2, 0.25) is 18.6 Å². The van der Waals surface area contributed by atoms with Gasteiger partial charge in [-0.3, -0.25) is 43.9 Å². The molecular formula is C61H53N5O15. The fourth-order valence-corrected chi connectivity index (χ4v) is 11.9. The molecule has 3 fully saturated rings. The van der Waals surface area contributed by atoms with E-state index in [0.717, 1.165) is 24.7 Å². The Labute approximate surface area is 464 Å². The lowest BCUT2D eigenvalue weighted by atomic mass is 9.65. The Balaban J connectivity index is 1.10. The van der Waals surface area contributed by atoms with Gasteiger partial charge in [0.15, 0.2) is 17.4 Å². The second-order valence-electron chi connectivity index (χ2n) is 20.1. The molecule has 1 N–H and O–H groups in total. The van der Waals surface area contributed by atoms with E-state index in [4.69, 9.17) is 28.4 Å². The van der Waals surface area contributed by atoms with Gasteiger partial charge in [0, 0.05) is 56.8 Å². The maximum Gasteiger partial charge on any atom is 0.421 e. The number of esters is 3. The Bertz CT molecular complexity index is 3490. The maximum absolute atomic E-state index is 16.8. The number of imide groups is 1. The summed E-state index contributed by atoms with van der Waals surface area (Å²) in [6.07, 6.45) is -2.51. The second kappa shape index (κ2) is 22.3. The van der Waals surface area contributed by atoms with Crippen LogP contribution in [0, 0.1) is 33.8 Å². The number of anilines is 1. The molecule has 0 radical (unpaired) electrons. The van der Waals surface area contributed by atoms with Crippen LogP contribution in [0.15, 0.2) is 146 Å². The highest BCUT2D eigenvalue weighted by Crippen LogP contribution is 2.66. The molecule has 11 rings (SSSR count). The third kappa shape index (κ3) is 9.80. The Morgan fingerprint density at radius 2 is 1.41 bits per heavy atom. The van der Waals surface area contributed by atoms with Gasteiger partial charge in [-0.15, -0.1) is 0 Å². The summed E-state index contributed by atoms with van der Waals surface area (Å²) in [6.45, 7) is 1.35. The first kappa shape index (κ1) is 53.4. The van der Waals surface area contributed by atoms with Crippen LogP contribution in [0.5, 0.6) is 17.2 Å². The number of amides is 3. The number of methoxy groups -OCH3 is 2. The predicted molar refractivity (Wildman–Crippen MR) is 287 cm³/mol. The molecule has 3 amide bonds. The minimum atomic E-state index is -2.22. The number of phenolic OH excluding ortho intramolecular Hbond substituents is 1. The third-order valence-electron chi connectivity index (χ3n) is 15.7. The quantitative estimate of drug-likeness (QED) is 0.0322. The van der Waals surface area contributed by atoms with Crippen LogP contribution in [0.25, 0.3) is 0 Å². The SMILES string of the molecule is COC(=O)C(CC#Cc1ccc2c(c1)[C@]1(C(=O)N2C(=O)OCc2ccc([N+](=O)[O-])cc2)[C@H](C(=O)N2CCN(Cc3ccc4c(c3)OCO4)CC2)[C@H]2C(=O)O[C@H](c3ccccc3)[C@H](c3ccccc3)N2[C@@H]1c1ccc(O)cc1)C(=O)OC. The molecule has 6 aromatic rings. The van der Waals surface area contributed by atoms with Crippen LogP contribution in [0.2, 0.25) is 0 Å². The van der Waals surface area contributed by atoms with Crippen molar-refractivity contribution >= 4 is 47.2 Å². The fraction of sp³-hybridized carbons (Fsp3) is 0.279. The van der Waals surface area contributed by atoms with Gasteiger partial charge in [0.1, 0.15) is 29.9 Å². The van der Waals surface area contributed by atoms with Crippen LogP contribution in [0.3, 0.4) is 0 Å². The highest BCUT2D eigenvalue weighted by molar-refractivity contribution is 6.23. The van der Waals surface area contributed by atoms with Crippen molar-refractivity contribution in [3.8, 4) is 29.1 Å². The number of piperazine rings is 1. The number of nitrogens with zero attached hydrogens (tertiary/aromatic N) is 5. The first-order valence-corrected chi connectivity index (χ1v) is 26.1. The molecule has 0 unspecified atom stereocenters. The number of ether oxygens (including phenoxy) is 6. The van der Waals surface area contributed by atoms with Crippen molar-refractivity contribution in [1.82, 2.24) is 14.7 Å². The second-order valence-corrected chi connectivity index (χ2v) is 20.1. The summed E-state index contributed by atoms with van der Waals surface area (Å²) in [6, 6.07) is 36.4. The number of carbonyl (C=O) groups is 6. The van der Waals surface area contributed by atoms with Gasteiger partial charge in [-0.25, -0.2) is 9.69 Å². The zero-order chi connectivity index (χ0) is 56.5. The summed E-state index contributed by atoms with van der Waals surface area (Å²) in [5.41, 5.74) is 0.944. The lowest BCUT2D eigenvalue weighted by Gasteiger charge is -2.46. The van der Waals surface area contributed by atoms with Gasteiger partial charge >= 0.3 is 24.0 Å². The van der Waals surface area contributed by atoms with Gasteiger partial charge in [-0.05, 0) is 88.0 Å². The van der Waals surface area contributed by atoms with Crippen LogP contribution in [0.4, 0.5) is 16.2 Å². The number of hydrogen-bond acceptors (Lipinski definition) is 17. The largest absolute Gasteiger partial charge is 0.508 e. The van der Waals surface area contributed by atoms with Crippen LogP contribution in [0.1, 0.15) is 63.6 Å². The third-order valence-corrected chi connectivity index (χ3v) is 15.7. The molecule has 81 heavy (non-hydrogen) atoms. The molecule has 6 atom stereocenters. The molecule has 0 saturated carbocycles. The number of morpholine rings is 1. The van der Waals surface area contributed by atoms with E-state index in [-0.39, 0.29) is 54.6 Å². The Kier molecular flexibility index (Phi) is 14.7. The van der Waals surface area contributed by atoms with Crippen LogP contribution < -0.4 is 14.4 Å². The molecule has 5 aliphatic heterocycles. The first-order chi connectivity index (χ1) is 39.3. The van der Waals surface area contributed by atoms with E-state index in [2.05, 4.69) is 16.7 Å².